The highest BCUT2D eigenvalue weighted by atomic mass is 16.6. The van der Waals surface area contributed by atoms with E-state index in [-0.39, 0.29) is 11.5 Å². The Hall–Kier alpha value is -2.62. The molecule has 0 unspecified atom stereocenters. The lowest BCUT2D eigenvalue weighted by atomic mass is 9.95. The van der Waals surface area contributed by atoms with Crippen molar-refractivity contribution >= 4 is 28.3 Å². The monoisotopic (exact) mass is 312 g/mol. The van der Waals surface area contributed by atoms with Gasteiger partial charge >= 0.3 is 11.9 Å². The van der Waals surface area contributed by atoms with Gasteiger partial charge in [0.05, 0.1) is 0 Å². The molecule has 0 fully saturated rings. The molecule has 0 saturated carbocycles. The van der Waals surface area contributed by atoms with E-state index in [0.717, 1.165) is 27.5 Å². The summed E-state index contributed by atoms with van der Waals surface area (Å²) in [6.07, 6.45) is 0. The molecule has 0 radical (unpaired) electrons. The van der Waals surface area contributed by atoms with Crippen LogP contribution < -0.4 is 9.47 Å². The molecule has 0 saturated heterocycles. The zero-order chi connectivity index (χ0) is 17.3. The van der Waals surface area contributed by atoms with Gasteiger partial charge in [-0.2, -0.15) is 0 Å². The van der Waals surface area contributed by atoms with E-state index in [1.54, 1.807) is 0 Å². The molecule has 0 atom stereocenters. The maximum atomic E-state index is 11.6. The highest BCUT2D eigenvalue weighted by Gasteiger charge is 2.22. The summed E-state index contributed by atoms with van der Waals surface area (Å²) in [5.74, 6) is -0.448. The number of rotatable bonds is 3. The highest BCUT2D eigenvalue weighted by Crippen LogP contribution is 2.44. The molecule has 0 aliphatic heterocycles. The van der Waals surface area contributed by atoms with Gasteiger partial charge in [0.2, 0.25) is 0 Å². The quantitative estimate of drug-likeness (QED) is 0.625. The molecule has 0 aliphatic carbocycles. The van der Waals surface area contributed by atoms with Gasteiger partial charge in [-0.1, -0.05) is 18.7 Å². The van der Waals surface area contributed by atoms with Crippen molar-refractivity contribution in [3.8, 4) is 11.5 Å². The minimum Gasteiger partial charge on any atom is -0.422 e. The van der Waals surface area contributed by atoms with E-state index >= 15 is 0 Å². The van der Waals surface area contributed by atoms with Gasteiger partial charge in [-0.25, -0.2) is 0 Å². The molecule has 0 amide bonds. The number of carbonyl (C=O) groups is 2. The average molecular weight is 312 g/mol. The van der Waals surface area contributed by atoms with E-state index in [0.29, 0.717) is 5.56 Å². The summed E-state index contributed by atoms with van der Waals surface area (Å²) in [6.45, 7) is 12.3. The van der Waals surface area contributed by atoms with Crippen molar-refractivity contribution in [2.75, 3.05) is 0 Å². The van der Waals surface area contributed by atoms with Gasteiger partial charge in [0.25, 0.3) is 0 Å². The molecule has 0 heterocycles. The second-order valence-corrected chi connectivity index (χ2v) is 5.67. The van der Waals surface area contributed by atoms with E-state index < -0.39 is 11.9 Å². The fourth-order valence-corrected chi connectivity index (χ4v) is 2.57. The van der Waals surface area contributed by atoms with Gasteiger partial charge in [-0.15, -0.1) is 0 Å². The van der Waals surface area contributed by atoms with Crippen molar-refractivity contribution in [1.82, 2.24) is 0 Å². The minimum atomic E-state index is -0.481. The Bertz CT molecular complexity index is 831. The Balaban J connectivity index is 2.99. The zero-order valence-corrected chi connectivity index (χ0v) is 14.1. The van der Waals surface area contributed by atoms with Gasteiger partial charge in [-0.05, 0) is 48.9 Å². The van der Waals surface area contributed by atoms with Crippen LogP contribution in [0.5, 0.6) is 11.5 Å². The first-order valence-electron chi connectivity index (χ1n) is 7.32. The lowest BCUT2D eigenvalue weighted by Gasteiger charge is -2.18. The molecule has 0 bridgehead atoms. The molecule has 2 aromatic carbocycles. The van der Waals surface area contributed by atoms with Crippen molar-refractivity contribution in [3.63, 3.8) is 0 Å². The standard InChI is InChI=1S/C19H20O4/c1-10(2)15-9-16-11(3)7-8-12(4)17(16)19(23-14(6)21)18(15)22-13(5)20/h7-9H,1H2,2-6H3. The van der Waals surface area contributed by atoms with Crippen molar-refractivity contribution in [2.45, 2.75) is 34.6 Å². The molecular weight excluding hydrogens is 292 g/mol. The van der Waals surface area contributed by atoms with Gasteiger partial charge < -0.3 is 9.47 Å². The molecule has 120 valence electrons. The number of carbonyl (C=O) groups excluding carboxylic acids is 2. The van der Waals surface area contributed by atoms with Crippen LogP contribution in [0.3, 0.4) is 0 Å². The molecule has 0 aliphatic rings. The largest absolute Gasteiger partial charge is 0.422 e. The topological polar surface area (TPSA) is 52.6 Å². The summed E-state index contributed by atoms with van der Waals surface area (Å²) in [4.78, 5) is 23.1. The number of fused-ring (bicyclic) bond motifs is 1. The predicted octanol–water partition coefficient (Wildman–Crippen LogP) is 4.34. The molecule has 4 heteroatoms. The number of allylic oxidation sites excluding steroid dienone is 1. The van der Waals surface area contributed by atoms with E-state index in [2.05, 4.69) is 6.58 Å². The van der Waals surface area contributed by atoms with Crippen LogP contribution in [-0.4, -0.2) is 11.9 Å². The second-order valence-electron chi connectivity index (χ2n) is 5.67. The highest BCUT2D eigenvalue weighted by molar-refractivity contribution is 6.00. The van der Waals surface area contributed by atoms with Crippen LogP contribution in [0.1, 0.15) is 37.5 Å². The average Bonchev–Trinajstić information content (AvgIpc) is 2.43. The second kappa shape index (κ2) is 6.24. The normalized spacial score (nSPS) is 10.5. The fraction of sp³-hybridized carbons (Fsp3) is 0.263. The Morgan fingerprint density at radius 3 is 1.96 bits per heavy atom. The Kier molecular flexibility index (Phi) is 4.55. The van der Waals surface area contributed by atoms with Crippen LogP contribution in [0.15, 0.2) is 24.8 Å². The predicted molar refractivity (Wildman–Crippen MR) is 90.7 cm³/mol. The Labute approximate surface area is 135 Å². The van der Waals surface area contributed by atoms with Crippen molar-refractivity contribution in [3.05, 3.63) is 41.5 Å². The Morgan fingerprint density at radius 2 is 1.43 bits per heavy atom. The molecule has 2 rings (SSSR count). The maximum Gasteiger partial charge on any atom is 0.308 e. The zero-order valence-electron chi connectivity index (χ0n) is 14.1. The van der Waals surface area contributed by atoms with Gasteiger partial charge in [-0.3, -0.25) is 9.59 Å². The number of aryl methyl sites for hydroxylation is 2. The first-order chi connectivity index (χ1) is 10.7. The van der Waals surface area contributed by atoms with Crippen molar-refractivity contribution in [1.29, 1.82) is 0 Å². The van der Waals surface area contributed by atoms with Crippen LogP contribution in [-0.2, 0) is 9.59 Å². The fourth-order valence-electron chi connectivity index (χ4n) is 2.57. The van der Waals surface area contributed by atoms with Gasteiger partial charge in [0.15, 0.2) is 11.5 Å². The number of hydrogen-bond donors (Lipinski definition) is 0. The number of esters is 2. The smallest absolute Gasteiger partial charge is 0.308 e. The summed E-state index contributed by atoms with van der Waals surface area (Å²) in [6, 6.07) is 5.87. The lowest BCUT2D eigenvalue weighted by molar-refractivity contribution is -0.134. The van der Waals surface area contributed by atoms with E-state index in [1.807, 2.05) is 39.0 Å². The summed E-state index contributed by atoms with van der Waals surface area (Å²) in [5, 5.41) is 1.71. The SMILES string of the molecule is C=C(C)c1cc2c(C)ccc(C)c2c(OC(C)=O)c1OC(C)=O. The third-order valence-electron chi connectivity index (χ3n) is 3.59. The first-order valence-corrected chi connectivity index (χ1v) is 7.32. The van der Waals surface area contributed by atoms with E-state index in [1.165, 1.54) is 13.8 Å². The van der Waals surface area contributed by atoms with E-state index in [9.17, 15) is 9.59 Å². The van der Waals surface area contributed by atoms with Crippen LogP contribution in [0.25, 0.3) is 16.3 Å². The molecule has 2 aromatic rings. The lowest BCUT2D eigenvalue weighted by Crippen LogP contribution is -2.10. The summed E-state index contributed by atoms with van der Waals surface area (Å²) >= 11 is 0. The van der Waals surface area contributed by atoms with Gasteiger partial charge in [0, 0.05) is 24.8 Å². The molecule has 23 heavy (non-hydrogen) atoms. The molecule has 0 aromatic heterocycles. The summed E-state index contributed by atoms with van der Waals surface area (Å²) < 4.78 is 10.8. The van der Waals surface area contributed by atoms with E-state index in [4.69, 9.17) is 9.47 Å². The summed E-state index contributed by atoms with van der Waals surface area (Å²) in [5.41, 5.74) is 3.34. The van der Waals surface area contributed by atoms with Crippen molar-refractivity contribution < 1.29 is 19.1 Å². The number of hydrogen-bond acceptors (Lipinski definition) is 4. The van der Waals surface area contributed by atoms with Crippen molar-refractivity contribution in [2.24, 2.45) is 0 Å². The third kappa shape index (κ3) is 3.26. The van der Waals surface area contributed by atoms with Crippen LogP contribution in [0.2, 0.25) is 0 Å². The number of benzene rings is 2. The molecular formula is C19H20O4. The molecule has 4 nitrogen and oxygen atoms in total. The van der Waals surface area contributed by atoms with Gasteiger partial charge in [0.1, 0.15) is 0 Å². The minimum absolute atomic E-state index is 0.237. The first kappa shape index (κ1) is 16.7. The van der Waals surface area contributed by atoms with Crippen LogP contribution in [0.4, 0.5) is 0 Å². The molecule has 0 spiro atoms. The van der Waals surface area contributed by atoms with Crippen LogP contribution >= 0.6 is 0 Å². The summed E-state index contributed by atoms with van der Waals surface area (Å²) in [7, 11) is 0. The van der Waals surface area contributed by atoms with Crippen LogP contribution in [0, 0.1) is 13.8 Å². The Morgan fingerprint density at radius 1 is 0.913 bits per heavy atom. The number of ether oxygens (including phenoxy) is 2. The third-order valence-corrected chi connectivity index (χ3v) is 3.59. The molecule has 0 N–H and O–H groups in total. The maximum absolute atomic E-state index is 11.6.